The molecular formula is C22H22N2O. The van der Waals surface area contributed by atoms with Crippen molar-refractivity contribution in [2.45, 2.75) is 25.3 Å². The van der Waals surface area contributed by atoms with Gasteiger partial charge < -0.3 is 9.88 Å². The number of fused-ring (bicyclic) bond motifs is 1. The summed E-state index contributed by atoms with van der Waals surface area (Å²) in [4.78, 5) is 17.6. The Hall–Kier alpha value is -2.81. The van der Waals surface area contributed by atoms with Crippen molar-refractivity contribution in [3.63, 3.8) is 0 Å². The van der Waals surface area contributed by atoms with E-state index in [4.69, 9.17) is 0 Å². The Morgan fingerprint density at radius 3 is 2.72 bits per heavy atom. The van der Waals surface area contributed by atoms with Gasteiger partial charge in [-0.3, -0.25) is 4.79 Å². The number of hydrogen-bond donors (Lipinski definition) is 1. The van der Waals surface area contributed by atoms with Crippen LogP contribution < -0.4 is 0 Å². The van der Waals surface area contributed by atoms with Gasteiger partial charge in [0.25, 0.3) is 0 Å². The molecule has 0 saturated carbocycles. The number of nitrogens with zero attached hydrogens (tertiary/aromatic N) is 1. The standard InChI is InChI=1S/C22H22N2O/c25-20-11-13-24(19(15-20)14-17-6-2-1-3-7-17)12-10-18-16-23-22-9-5-4-8-21(18)22/h1-9,11,13,16,19,23H,10,12,14-15H2. The van der Waals surface area contributed by atoms with Gasteiger partial charge in [0.2, 0.25) is 0 Å². The van der Waals surface area contributed by atoms with Crippen LogP contribution in [0, 0.1) is 0 Å². The minimum absolute atomic E-state index is 0.226. The third-order valence-corrected chi connectivity index (χ3v) is 4.99. The number of nitrogens with one attached hydrogen (secondary N) is 1. The van der Waals surface area contributed by atoms with Crippen molar-refractivity contribution >= 4 is 16.7 Å². The Labute approximate surface area is 148 Å². The zero-order valence-corrected chi connectivity index (χ0v) is 14.2. The molecule has 0 amide bonds. The van der Waals surface area contributed by atoms with Gasteiger partial charge in [0.1, 0.15) is 0 Å². The summed E-state index contributed by atoms with van der Waals surface area (Å²) >= 11 is 0. The molecule has 2 aromatic carbocycles. The summed E-state index contributed by atoms with van der Waals surface area (Å²) in [5.41, 5.74) is 3.80. The lowest BCUT2D eigenvalue weighted by atomic mass is 9.97. The van der Waals surface area contributed by atoms with Crippen LogP contribution in [0.4, 0.5) is 0 Å². The van der Waals surface area contributed by atoms with E-state index in [1.54, 1.807) is 6.08 Å². The van der Waals surface area contributed by atoms with Crippen LogP contribution in [0.1, 0.15) is 17.5 Å². The second kappa shape index (κ2) is 6.98. The highest BCUT2D eigenvalue weighted by Gasteiger charge is 2.22. The summed E-state index contributed by atoms with van der Waals surface area (Å²) in [5.74, 6) is 0.226. The van der Waals surface area contributed by atoms with Crippen molar-refractivity contribution in [3.05, 3.63) is 84.2 Å². The van der Waals surface area contributed by atoms with Crippen molar-refractivity contribution in [1.29, 1.82) is 0 Å². The molecule has 0 aliphatic carbocycles. The molecule has 3 heteroatoms. The van der Waals surface area contributed by atoms with Gasteiger partial charge in [0, 0.05) is 42.3 Å². The molecule has 4 rings (SSSR count). The monoisotopic (exact) mass is 330 g/mol. The molecule has 1 aliphatic rings. The van der Waals surface area contributed by atoms with Crippen molar-refractivity contribution in [2.24, 2.45) is 0 Å². The molecule has 3 aromatic rings. The third-order valence-electron chi connectivity index (χ3n) is 4.99. The second-order valence-corrected chi connectivity index (χ2v) is 6.68. The Kier molecular flexibility index (Phi) is 4.38. The summed E-state index contributed by atoms with van der Waals surface area (Å²) in [6.07, 6.45) is 8.28. The first-order valence-corrected chi connectivity index (χ1v) is 8.85. The predicted octanol–water partition coefficient (Wildman–Crippen LogP) is 4.11. The summed E-state index contributed by atoms with van der Waals surface area (Å²) in [6, 6.07) is 19.1. The Morgan fingerprint density at radius 2 is 1.84 bits per heavy atom. The van der Waals surface area contributed by atoms with Crippen molar-refractivity contribution in [3.8, 4) is 0 Å². The Bertz CT molecular complexity index is 895. The van der Waals surface area contributed by atoms with Gasteiger partial charge in [-0.15, -0.1) is 0 Å². The molecule has 126 valence electrons. The Morgan fingerprint density at radius 1 is 1.04 bits per heavy atom. The van der Waals surface area contributed by atoms with Gasteiger partial charge in [-0.25, -0.2) is 0 Å². The topological polar surface area (TPSA) is 36.1 Å². The van der Waals surface area contributed by atoms with E-state index in [0.717, 1.165) is 19.4 Å². The number of aromatic nitrogens is 1. The average molecular weight is 330 g/mol. The lowest BCUT2D eigenvalue weighted by molar-refractivity contribution is -0.116. The first-order chi connectivity index (χ1) is 12.3. The van der Waals surface area contributed by atoms with Crippen LogP contribution in [0.5, 0.6) is 0 Å². The van der Waals surface area contributed by atoms with Crippen LogP contribution in [-0.2, 0) is 17.6 Å². The van der Waals surface area contributed by atoms with Crippen LogP contribution in [0.15, 0.2) is 73.1 Å². The minimum atomic E-state index is 0.226. The normalized spacial score (nSPS) is 17.4. The van der Waals surface area contributed by atoms with E-state index >= 15 is 0 Å². The molecule has 0 bridgehead atoms. The number of para-hydroxylation sites is 1. The fraction of sp³-hybridized carbons (Fsp3) is 0.227. The van der Waals surface area contributed by atoms with Gasteiger partial charge in [0.05, 0.1) is 0 Å². The molecule has 1 aromatic heterocycles. The number of carbonyl (C=O) groups is 1. The first kappa shape index (κ1) is 15.7. The molecule has 1 atom stereocenters. The highest BCUT2D eigenvalue weighted by Crippen LogP contribution is 2.21. The van der Waals surface area contributed by atoms with Crippen molar-refractivity contribution < 1.29 is 4.79 Å². The van der Waals surface area contributed by atoms with Crippen LogP contribution >= 0.6 is 0 Å². The molecule has 0 spiro atoms. The highest BCUT2D eigenvalue weighted by atomic mass is 16.1. The number of hydrogen-bond acceptors (Lipinski definition) is 2. The maximum Gasteiger partial charge on any atom is 0.159 e. The van der Waals surface area contributed by atoms with E-state index in [1.807, 2.05) is 12.3 Å². The second-order valence-electron chi connectivity index (χ2n) is 6.68. The summed E-state index contributed by atoms with van der Waals surface area (Å²) in [5, 5.41) is 1.29. The molecule has 3 nitrogen and oxygen atoms in total. The van der Waals surface area contributed by atoms with Crippen LogP contribution in [0.3, 0.4) is 0 Å². The van der Waals surface area contributed by atoms with Gasteiger partial charge in [0.15, 0.2) is 5.78 Å². The van der Waals surface area contributed by atoms with E-state index in [9.17, 15) is 4.79 Å². The summed E-state index contributed by atoms with van der Waals surface area (Å²) in [6.45, 7) is 0.920. The van der Waals surface area contributed by atoms with E-state index < -0.39 is 0 Å². The predicted molar refractivity (Wildman–Crippen MR) is 101 cm³/mol. The fourth-order valence-electron chi connectivity index (χ4n) is 3.64. The van der Waals surface area contributed by atoms with Gasteiger partial charge >= 0.3 is 0 Å². The average Bonchev–Trinajstić information content (AvgIpc) is 3.05. The smallest absolute Gasteiger partial charge is 0.159 e. The van der Waals surface area contributed by atoms with Crippen molar-refractivity contribution in [1.82, 2.24) is 9.88 Å². The maximum absolute atomic E-state index is 11.9. The van der Waals surface area contributed by atoms with E-state index in [1.165, 1.54) is 22.0 Å². The molecule has 1 N–H and O–H groups in total. The van der Waals surface area contributed by atoms with E-state index in [-0.39, 0.29) is 11.8 Å². The summed E-state index contributed by atoms with van der Waals surface area (Å²) in [7, 11) is 0. The first-order valence-electron chi connectivity index (χ1n) is 8.85. The minimum Gasteiger partial charge on any atom is -0.373 e. The number of benzene rings is 2. The van der Waals surface area contributed by atoms with Crippen molar-refractivity contribution in [2.75, 3.05) is 6.54 Å². The molecular weight excluding hydrogens is 308 g/mol. The largest absolute Gasteiger partial charge is 0.373 e. The number of rotatable bonds is 5. The van der Waals surface area contributed by atoms with Gasteiger partial charge in [-0.2, -0.15) is 0 Å². The number of carbonyl (C=O) groups excluding carboxylic acids is 1. The molecule has 2 heterocycles. The molecule has 1 aliphatic heterocycles. The van der Waals surface area contributed by atoms with E-state index in [2.05, 4.69) is 64.6 Å². The number of ketones is 1. The molecule has 0 fully saturated rings. The molecule has 1 unspecified atom stereocenters. The molecule has 0 saturated heterocycles. The Balaban J connectivity index is 1.49. The SMILES string of the molecule is O=C1C=CN(CCc2c[nH]c3ccccc23)C(Cc2ccccc2)C1. The zero-order valence-electron chi connectivity index (χ0n) is 14.2. The molecule has 25 heavy (non-hydrogen) atoms. The maximum atomic E-state index is 11.9. The highest BCUT2D eigenvalue weighted by molar-refractivity contribution is 5.90. The lowest BCUT2D eigenvalue weighted by Crippen LogP contribution is -2.38. The number of aromatic amines is 1. The quantitative estimate of drug-likeness (QED) is 0.764. The third kappa shape index (κ3) is 3.50. The number of allylic oxidation sites excluding steroid dienone is 1. The van der Waals surface area contributed by atoms with Gasteiger partial charge in [-0.1, -0.05) is 48.5 Å². The van der Waals surface area contributed by atoms with Crippen LogP contribution in [-0.4, -0.2) is 28.3 Å². The van der Waals surface area contributed by atoms with Crippen LogP contribution in [0.2, 0.25) is 0 Å². The lowest BCUT2D eigenvalue weighted by Gasteiger charge is -2.33. The van der Waals surface area contributed by atoms with E-state index in [0.29, 0.717) is 6.42 Å². The van der Waals surface area contributed by atoms with Gasteiger partial charge in [-0.05, 0) is 36.1 Å². The summed E-state index contributed by atoms with van der Waals surface area (Å²) < 4.78 is 0. The van der Waals surface area contributed by atoms with Crippen LogP contribution in [0.25, 0.3) is 10.9 Å². The number of H-pyrrole nitrogens is 1. The molecule has 0 radical (unpaired) electrons. The fourth-order valence-corrected chi connectivity index (χ4v) is 3.64. The zero-order chi connectivity index (χ0) is 17.1.